The van der Waals surface area contributed by atoms with Crippen molar-refractivity contribution in [1.82, 2.24) is 41.7 Å². The molecule has 6 N–H and O–H groups in total. The number of nitrogens with zero attached hydrogens (tertiary/aromatic N) is 4. The molecule has 17 heteroatoms. The zero-order valence-electron chi connectivity index (χ0n) is 18.3. The standard InChI is InChI=1S/C18H22N10O5S2/c29-10(7-9-14(31)24-16(33)21-9)22-18-28-26-12(35-18)4-2-1-3-11-25-27-17(34-11)19-6-5-8-13(30)23-15(32)20-8/h8-9H,1-7H2,(H,19,27)(H,22,28,29)(H2,20,23,30,32)(H2,21,24,31,33). The molecule has 0 radical (unpaired) electrons. The minimum Gasteiger partial charge on any atom is -0.360 e. The van der Waals surface area contributed by atoms with E-state index >= 15 is 0 Å². The van der Waals surface area contributed by atoms with Gasteiger partial charge in [0.1, 0.15) is 22.1 Å². The van der Waals surface area contributed by atoms with Gasteiger partial charge in [0.25, 0.3) is 11.8 Å². The van der Waals surface area contributed by atoms with Gasteiger partial charge in [-0.05, 0) is 19.3 Å². The monoisotopic (exact) mass is 522 g/mol. The average molecular weight is 523 g/mol. The molecular formula is C18H22N10O5S2. The minimum atomic E-state index is -0.887. The Kier molecular flexibility index (Phi) is 7.76. The summed E-state index contributed by atoms with van der Waals surface area (Å²) in [7, 11) is 0. The molecule has 2 atom stereocenters. The lowest BCUT2D eigenvalue weighted by atomic mass is 10.2. The number of nitrogens with one attached hydrogen (secondary N) is 6. The van der Waals surface area contributed by atoms with E-state index in [1.807, 2.05) is 0 Å². The molecule has 2 aromatic rings. The molecule has 2 unspecified atom stereocenters. The zero-order chi connectivity index (χ0) is 24.8. The molecule has 15 nitrogen and oxygen atoms in total. The van der Waals surface area contributed by atoms with Crippen LogP contribution in [0.4, 0.5) is 19.9 Å². The Hall–Kier alpha value is -3.73. The molecule has 2 aliphatic rings. The van der Waals surface area contributed by atoms with Crippen molar-refractivity contribution in [3.8, 4) is 0 Å². The van der Waals surface area contributed by atoms with E-state index in [1.165, 1.54) is 22.7 Å². The van der Waals surface area contributed by atoms with Crippen molar-refractivity contribution in [2.24, 2.45) is 0 Å². The van der Waals surface area contributed by atoms with Gasteiger partial charge in [0.15, 0.2) is 0 Å². The SMILES string of the molecule is O=C(CC1NC(=O)NC1=O)Nc1nnc(CCCCc2nnc(NCCC3NC(=O)NC3=O)s2)s1. The predicted molar refractivity (Wildman–Crippen MR) is 124 cm³/mol. The summed E-state index contributed by atoms with van der Waals surface area (Å²) in [5.74, 6) is -1.30. The number of aryl methyl sites for hydroxylation is 2. The number of urea groups is 2. The van der Waals surface area contributed by atoms with Gasteiger partial charge in [0, 0.05) is 19.4 Å². The topological polar surface area (TPSA) is 209 Å². The highest BCUT2D eigenvalue weighted by Crippen LogP contribution is 2.20. The third-order valence-corrected chi connectivity index (χ3v) is 6.87. The molecular weight excluding hydrogens is 500 g/mol. The summed E-state index contributed by atoms with van der Waals surface area (Å²) in [6.45, 7) is 0.478. The summed E-state index contributed by atoms with van der Waals surface area (Å²) in [5, 5.41) is 33.8. The Labute approximate surface area is 206 Å². The Morgan fingerprint density at radius 1 is 0.800 bits per heavy atom. The van der Waals surface area contributed by atoms with Gasteiger partial charge in [0.05, 0.1) is 6.42 Å². The van der Waals surface area contributed by atoms with E-state index in [4.69, 9.17) is 0 Å². The van der Waals surface area contributed by atoms with Crippen molar-refractivity contribution in [3.63, 3.8) is 0 Å². The summed E-state index contributed by atoms with van der Waals surface area (Å²) < 4.78 is 0. The molecule has 0 saturated carbocycles. The van der Waals surface area contributed by atoms with Crippen molar-refractivity contribution in [2.45, 2.75) is 50.6 Å². The fourth-order valence-electron chi connectivity index (χ4n) is 3.33. The predicted octanol–water partition coefficient (Wildman–Crippen LogP) is -0.498. The molecule has 0 bridgehead atoms. The number of carbonyl (C=O) groups is 5. The van der Waals surface area contributed by atoms with Crippen LogP contribution in [0, 0.1) is 0 Å². The Balaban J connectivity index is 1.11. The molecule has 35 heavy (non-hydrogen) atoms. The summed E-state index contributed by atoms with van der Waals surface area (Å²) in [4.78, 5) is 57.3. The van der Waals surface area contributed by atoms with Gasteiger partial charge in [-0.2, -0.15) is 0 Å². The van der Waals surface area contributed by atoms with Crippen molar-refractivity contribution >= 4 is 62.7 Å². The van der Waals surface area contributed by atoms with Gasteiger partial charge >= 0.3 is 12.1 Å². The lowest BCUT2D eigenvalue weighted by molar-refractivity contribution is -0.124. The van der Waals surface area contributed by atoms with Gasteiger partial charge in [-0.1, -0.05) is 22.7 Å². The molecule has 4 heterocycles. The van der Waals surface area contributed by atoms with Crippen molar-refractivity contribution in [1.29, 1.82) is 0 Å². The van der Waals surface area contributed by atoms with Gasteiger partial charge in [0.2, 0.25) is 16.2 Å². The third-order valence-electron chi connectivity index (χ3n) is 5.03. The van der Waals surface area contributed by atoms with Crippen LogP contribution in [0.5, 0.6) is 0 Å². The molecule has 2 fully saturated rings. The van der Waals surface area contributed by atoms with Crippen LogP contribution in [0.2, 0.25) is 0 Å². The van der Waals surface area contributed by atoms with Gasteiger partial charge in [-0.3, -0.25) is 25.0 Å². The van der Waals surface area contributed by atoms with E-state index in [0.29, 0.717) is 29.6 Å². The molecule has 2 saturated heterocycles. The molecule has 4 rings (SSSR count). The number of rotatable bonds is 12. The summed E-state index contributed by atoms with van der Waals surface area (Å²) in [6.07, 6.45) is 3.41. The number of imide groups is 2. The Morgan fingerprint density at radius 2 is 1.37 bits per heavy atom. The largest absolute Gasteiger partial charge is 0.360 e. The van der Waals surface area contributed by atoms with Crippen LogP contribution < -0.4 is 31.9 Å². The molecule has 0 aromatic carbocycles. The molecule has 0 aliphatic carbocycles. The Bertz CT molecular complexity index is 1130. The maximum Gasteiger partial charge on any atom is 0.322 e. The quantitative estimate of drug-likeness (QED) is 0.155. The van der Waals surface area contributed by atoms with Gasteiger partial charge in [-0.15, -0.1) is 20.4 Å². The van der Waals surface area contributed by atoms with Crippen molar-refractivity contribution in [3.05, 3.63) is 10.0 Å². The Morgan fingerprint density at radius 3 is 1.97 bits per heavy atom. The highest BCUT2D eigenvalue weighted by molar-refractivity contribution is 7.15. The molecule has 186 valence electrons. The molecule has 0 spiro atoms. The third kappa shape index (κ3) is 6.89. The second-order valence-electron chi connectivity index (χ2n) is 7.71. The normalized spacial score (nSPS) is 19.2. The van der Waals surface area contributed by atoms with Gasteiger partial charge in [-0.25, -0.2) is 9.59 Å². The van der Waals surface area contributed by atoms with Crippen molar-refractivity contribution in [2.75, 3.05) is 17.2 Å². The highest BCUT2D eigenvalue weighted by Gasteiger charge is 2.31. The first-order valence-corrected chi connectivity index (χ1v) is 12.4. The lowest BCUT2D eigenvalue weighted by Gasteiger charge is -2.06. The lowest BCUT2D eigenvalue weighted by Crippen LogP contribution is -2.33. The number of hydrogen-bond donors (Lipinski definition) is 6. The van der Waals surface area contributed by atoms with Crippen LogP contribution in [0.25, 0.3) is 0 Å². The number of aromatic nitrogens is 4. The molecule has 2 aliphatic heterocycles. The molecule has 2 aromatic heterocycles. The average Bonchev–Trinajstić information content (AvgIpc) is 3.56. The first kappa shape index (κ1) is 24.4. The summed E-state index contributed by atoms with van der Waals surface area (Å²) in [6, 6.07) is -2.51. The summed E-state index contributed by atoms with van der Waals surface area (Å²) >= 11 is 2.70. The van der Waals surface area contributed by atoms with Crippen LogP contribution >= 0.6 is 22.7 Å². The second-order valence-corrected chi connectivity index (χ2v) is 9.83. The number of unbranched alkanes of at least 4 members (excludes halogenated alkanes) is 1. The van der Waals surface area contributed by atoms with Crippen LogP contribution in [-0.2, 0) is 27.2 Å². The van der Waals surface area contributed by atoms with Gasteiger partial charge < -0.3 is 21.3 Å². The van der Waals surface area contributed by atoms with E-state index in [2.05, 4.69) is 52.3 Å². The fourth-order valence-corrected chi connectivity index (χ4v) is 4.93. The van der Waals surface area contributed by atoms with Crippen LogP contribution in [-0.4, -0.2) is 68.8 Å². The maximum atomic E-state index is 12.1. The first-order valence-electron chi connectivity index (χ1n) is 10.8. The molecule has 7 amide bonds. The fraction of sp³-hybridized carbons (Fsp3) is 0.500. The number of hydrogen-bond acceptors (Lipinski definition) is 12. The van der Waals surface area contributed by atoms with E-state index in [9.17, 15) is 24.0 Å². The van der Waals surface area contributed by atoms with Crippen molar-refractivity contribution < 1.29 is 24.0 Å². The van der Waals surface area contributed by atoms with E-state index in [-0.39, 0.29) is 12.3 Å². The van der Waals surface area contributed by atoms with Crippen LogP contribution in [0.15, 0.2) is 0 Å². The van der Waals surface area contributed by atoms with E-state index in [0.717, 1.165) is 29.3 Å². The maximum absolute atomic E-state index is 12.1. The second kappa shape index (κ2) is 11.1. The number of amides is 7. The first-order chi connectivity index (χ1) is 16.9. The highest BCUT2D eigenvalue weighted by atomic mass is 32.1. The number of carbonyl (C=O) groups excluding carboxylic acids is 5. The zero-order valence-corrected chi connectivity index (χ0v) is 19.9. The van der Waals surface area contributed by atoms with Crippen LogP contribution in [0.3, 0.4) is 0 Å². The summed E-state index contributed by atoms with van der Waals surface area (Å²) in [5.41, 5.74) is 0. The minimum absolute atomic E-state index is 0.183. The van der Waals surface area contributed by atoms with Crippen LogP contribution in [0.1, 0.15) is 35.7 Å². The van der Waals surface area contributed by atoms with E-state index < -0.39 is 36.0 Å². The van der Waals surface area contributed by atoms with E-state index in [1.54, 1.807) is 0 Å². The number of anilines is 2. The smallest absolute Gasteiger partial charge is 0.322 e.